The van der Waals surface area contributed by atoms with Crippen molar-refractivity contribution in [2.45, 2.75) is 25.4 Å². The fourth-order valence-corrected chi connectivity index (χ4v) is 2.49. The summed E-state index contributed by atoms with van der Waals surface area (Å²) in [5.41, 5.74) is 1.80. The van der Waals surface area contributed by atoms with Crippen LogP contribution in [0.5, 0.6) is 0 Å². The van der Waals surface area contributed by atoms with E-state index in [9.17, 15) is 4.91 Å². The van der Waals surface area contributed by atoms with Crippen LogP contribution in [-0.2, 0) is 0 Å². The number of nitroso groups, excluding NO2 is 1. The third-order valence-electron chi connectivity index (χ3n) is 3.64. The van der Waals surface area contributed by atoms with Crippen molar-refractivity contribution < 1.29 is 0 Å². The van der Waals surface area contributed by atoms with Gasteiger partial charge in [0, 0.05) is 17.6 Å². The molecule has 0 saturated carbocycles. The predicted octanol–water partition coefficient (Wildman–Crippen LogP) is 4.15. The molecule has 0 radical (unpaired) electrons. The summed E-state index contributed by atoms with van der Waals surface area (Å²) in [4.78, 5) is 15.7. The minimum absolute atomic E-state index is 0.0413. The molecular weight excluding hydrogens is 274 g/mol. The molecule has 2 aromatic rings. The predicted molar refractivity (Wildman–Crippen MR) is 91.7 cm³/mol. The molecule has 0 bridgehead atoms. The average molecular weight is 295 g/mol. The Balaban J connectivity index is 2.14. The topological polar surface area (TPSA) is 54.4 Å². The summed E-state index contributed by atoms with van der Waals surface area (Å²) in [6.07, 6.45) is 8.33. The van der Waals surface area contributed by atoms with Crippen LogP contribution in [0.25, 0.3) is 10.9 Å². The maximum atomic E-state index is 11.4. The van der Waals surface area contributed by atoms with Crippen molar-refractivity contribution in [1.29, 1.82) is 0 Å². The van der Waals surface area contributed by atoms with Gasteiger partial charge in [-0.1, -0.05) is 48.2 Å². The monoisotopic (exact) mass is 295 g/mol. The molecule has 22 heavy (non-hydrogen) atoms. The van der Waals surface area contributed by atoms with E-state index in [2.05, 4.69) is 22.1 Å². The van der Waals surface area contributed by atoms with Gasteiger partial charge in [-0.3, -0.25) is 4.98 Å². The molecule has 0 amide bonds. The molecule has 0 fully saturated rings. The molecule has 114 valence electrons. The number of nitrogens with zero attached hydrogens (tertiary/aromatic N) is 2. The first-order valence-corrected chi connectivity index (χ1v) is 7.45. The average Bonchev–Trinajstić information content (AvgIpc) is 2.55. The first kappa shape index (κ1) is 16.0. The van der Waals surface area contributed by atoms with Crippen molar-refractivity contribution in [3.8, 4) is 0 Å². The van der Waals surface area contributed by atoms with E-state index in [-0.39, 0.29) is 6.04 Å². The first-order chi connectivity index (χ1) is 10.8. The summed E-state index contributed by atoms with van der Waals surface area (Å²) in [6, 6.07) is 9.22. The Labute approximate surface area is 130 Å². The van der Waals surface area contributed by atoms with E-state index in [1.54, 1.807) is 12.3 Å². The fourth-order valence-electron chi connectivity index (χ4n) is 2.49. The quantitative estimate of drug-likeness (QED) is 0.452. The maximum absolute atomic E-state index is 11.4. The zero-order chi connectivity index (χ0) is 15.8. The summed E-state index contributed by atoms with van der Waals surface area (Å²) in [6.45, 7) is 6.41. The number of nitrogens with one attached hydrogen (secondary N) is 1. The summed E-state index contributed by atoms with van der Waals surface area (Å²) in [5, 5.41) is 7.69. The number of benzene rings is 1. The third kappa shape index (κ3) is 3.86. The highest BCUT2D eigenvalue weighted by atomic mass is 16.3. The Hall–Kier alpha value is -2.33. The lowest BCUT2D eigenvalue weighted by Crippen LogP contribution is -2.32. The number of hydrogen-bond donors (Lipinski definition) is 1. The third-order valence-corrected chi connectivity index (χ3v) is 3.64. The molecule has 0 saturated heterocycles. The first-order valence-electron chi connectivity index (χ1n) is 7.45. The molecule has 4 heteroatoms. The van der Waals surface area contributed by atoms with Crippen molar-refractivity contribution in [1.82, 2.24) is 10.3 Å². The molecule has 1 aromatic carbocycles. The van der Waals surface area contributed by atoms with E-state index in [0.29, 0.717) is 0 Å². The van der Waals surface area contributed by atoms with Gasteiger partial charge in [0.05, 0.1) is 5.52 Å². The van der Waals surface area contributed by atoms with E-state index in [0.717, 1.165) is 29.4 Å². The Morgan fingerprint density at radius 3 is 2.95 bits per heavy atom. The van der Waals surface area contributed by atoms with Gasteiger partial charge in [-0.25, -0.2) is 0 Å². The molecule has 0 aliphatic rings. The number of para-hydroxylation sites is 1. The normalized spacial score (nSPS) is 14.0. The Kier molecular flexibility index (Phi) is 5.98. The van der Waals surface area contributed by atoms with Crippen LogP contribution in [-0.4, -0.2) is 17.6 Å². The van der Waals surface area contributed by atoms with Gasteiger partial charge in [-0.2, -0.15) is 4.91 Å². The lowest BCUT2D eigenvalue weighted by Gasteiger charge is -2.20. The number of rotatable bonds is 8. The van der Waals surface area contributed by atoms with Crippen LogP contribution in [0.2, 0.25) is 0 Å². The van der Waals surface area contributed by atoms with Crippen LogP contribution in [0, 0.1) is 4.91 Å². The summed E-state index contributed by atoms with van der Waals surface area (Å²) < 4.78 is 0. The second kappa shape index (κ2) is 8.20. The van der Waals surface area contributed by atoms with E-state index in [1.807, 2.05) is 49.4 Å². The maximum Gasteiger partial charge on any atom is 0.133 e. The van der Waals surface area contributed by atoms with Crippen LogP contribution in [0.15, 0.2) is 66.5 Å². The van der Waals surface area contributed by atoms with Crippen molar-refractivity contribution >= 4 is 10.9 Å². The minimum Gasteiger partial charge on any atom is -0.311 e. The molecule has 1 heterocycles. The largest absolute Gasteiger partial charge is 0.311 e. The van der Waals surface area contributed by atoms with Crippen LogP contribution in [0.4, 0.5) is 0 Å². The molecule has 2 atom stereocenters. The zero-order valence-electron chi connectivity index (χ0n) is 12.8. The molecule has 2 rings (SSSR count). The summed E-state index contributed by atoms with van der Waals surface area (Å²) >= 11 is 0. The van der Waals surface area contributed by atoms with Gasteiger partial charge in [0.1, 0.15) is 6.04 Å². The molecule has 1 aromatic heterocycles. The number of aromatic nitrogens is 1. The highest BCUT2D eigenvalue weighted by molar-refractivity contribution is 5.82. The van der Waals surface area contributed by atoms with Gasteiger partial charge in [-0.05, 0) is 37.6 Å². The molecule has 0 aliphatic heterocycles. The van der Waals surface area contributed by atoms with Crippen molar-refractivity contribution in [3.05, 3.63) is 71.8 Å². The number of pyridine rings is 1. The second-order valence-electron chi connectivity index (χ2n) is 5.16. The number of allylic oxidation sites excluding steroid dienone is 2. The molecular formula is C18H21N3O. The SMILES string of the molecule is C=C/C=C/CCNC(C)C(N=O)c1ccnc2ccccc12. The Bertz CT molecular complexity index is 661. The van der Waals surface area contributed by atoms with Gasteiger partial charge in [0.2, 0.25) is 0 Å². The lowest BCUT2D eigenvalue weighted by molar-refractivity contribution is 0.474. The molecule has 2 unspecified atom stereocenters. The van der Waals surface area contributed by atoms with E-state index in [1.165, 1.54) is 0 Å². The smallest absolute Gasteiger partial charge is 0.133 e. The van der Waals surface area contributed by atoms with E-state index in [4.69, 9.17) is 0 Å². The van der Waals surface area contributed by atoms with Crippen LogP contribution in [0.3, 0.4) is 0 Å². The highest BCUT2D eigenvalue weighted by Crippen LogP contribution is 2.27. The second-order valence-corrected chi connectivity index (χ2v) is 5.16. The minimum atomic E-state index is -0.434. The molecule has 1 N–H and O–H groups in total. The van der Waals surface area contributed by atoms with E-state index < -0.39 is 6.04 Å². The standard InChI is InChI=1S/C18H21N3O/c1-3-4-5-8-12-19-14(2)18(21-22)16-11-13-20-17-10-7-6-9-15(16)17/h3-7,9-11,13-14,18-19H,1,8,12H2,2H3/b5-4+. The van der Waals surface area contributed by atoms with Gasteiger partial charge in [0.25, 0.3) is 0 Å². The number of fused-ring (bicyclic) bond motifs is 1. The highest BCUT2D eigenvalue weighted by Gasteiger charge is 2.21. The van der Waals surface area contributed by atoms with Crippen LogP contribution >= 0.6 is 0 Å². The lowest BCUT2D eigenvalue weighted by atomic mass is 9.97. The van der Waals surface area contributed by atoms with E-state index >= 15 is 0 Å². The molecule has 4 nitrogen and oxygen atoms in total. The summed E-state index contributed by atoms with van der Waals surface area (Å²) in [5.74, 6) is 0. The number of hydrogen-bond acceptors (Lipinski definition) is 4. The van der Waals surface area contributed by atoms with Crippen molar-refractivity contribution in [2.24, 2.45) is 5.18 Å². The Morgan fingerprint density at radius 2 is 2.18 bits per heavy atom. The van der Waals surface area contributed by atoms with Gasteiger partial charge in [-0.15, -0.1) is 0 Å². The van der Waals surface area contributed by atoms with Crippen molar-refractivity contribution in [2.75, 3.05) is 6.54 Å². The van der Waals surface area contributed by atoms with Gasteiger partial charge in [0.15, 0.2) is 0 Å². The van der Waals surface area contributed by atoms with Crippen LogP contribution < -0.4 is 5.32 Å². The molecule has 0 aliphatic carbocycles. The van der Waals surface area contributed by atoms with Gasteiger partial charge < -0.3 is 5.32 Å². The van der Waals surface area contributed by atoms with Crippen LogP contribution in [0.1, 0.15) is 24.9 Å². The zero-order valence-corrected chi connectivity index (χ0v) is 12.8. The fraction of sp³-hybridized carbons (Fsp3) is 0.278. The summed E-state index contributed by atoms with van der Waals surface area (Å²) in [7, 11) is 0. The Morgan fingerprint density at radius 1 is 1.36 bits per heavy atom. The van der Waals surface area contributed by atoms with Gasteiger partial charge >= 0.3 is 0 Å². The molecule has 0 spiro atoms. The van der Waals surface area contributed by atoms with Crippen molar-refractivity contribution in [3.63, 3.8) is 0 Å².